The molecule has 0 aromatic heterocycles. The zero-order valence-electron chi connectivity index (χ0n) is 12.5. The molecule has 0 bridgehead atoms. The van der Waals surface area contributed by atoms with Gasteiger partial charge in [-0.2, -0.15) is 0 Å². The number of aliphatic hydroxyl groups excluding tert-OH is 1. The van der Waals surface area contributed by atoms with Crippen molar-refractivity contribution in [1.82, 2.24) is 4.90 Å². The average Bonchev–Trinajstić information content (AvgIpc) is 2.49. The molecule has 0 aliphatic heterocycles. The SMILES string of the molecule is CCCCN(C)C(=O)N(CCO)c1ccc(C(=O)O)cc1. The van der Waals surface area contributed by atoms with E-state index in [0.717, 1.165) is 12.8 Å². The molecule has 0 atom stereocenters. The van der Waals surface area contributed by atoms with Gasteiger partial charge in [0.2, 0.25) is 0 Å². The predicted molar refractivity (Wildman–Crippen MR) is 80.8 cm³/mol. The zero-order valence-corrected chi connectivity index (χ0v) is 12.5. The third kappa shape index (κ3) is 4.75. The molecule has 0 spiro atoms. The standard InChI is InChI=1S/C15H22N2O4/c1-3-4-9-16(2)15(21)17(10-11-18)13-7-5-12(6-8-13)14(19)20/h5-8,18H,3-4,9-11H2,1-2H3,(H,19,20). The lowest BCUT2D eigenvalue weighted by Crippen LogP contribution is -2.43. The van der Waals surface area contributed by atoms with E-state index in [9.17, 15) is 9.59 Å². The van der Waals surface area contributed by atoms with Crippen LogP contribution in [-0.4, -0.2) is 53.9 Å². The summed E-state index contributed by atoms with van der Waals surface area (Å²) in [5.41, 5.74) is 0.733. The van der Waals surface area contributed by atoms with Crippen LogP contribution in [0.25, 0.3) is 0 Å². The van der Waals surface area contributed by atoms with Gasteiger partial charge in [0, 0.05) is 19.3 Å². The molecule has 0 unspecified atom stereocenters. The van der Waals surface area contributed by atoms with E-state index < -0.39 is 5.97 Å². The van der Waals surface area contributed by atoms with Crippen LogP contribution in [-0.2, 0) is 0 Å². The molecule has 1 aromatic carbocycles. The molecule has 1 aromatic rings. The Hall–Kier alpha value is -2.08. The minimum atomic E-state index is -1.01. The van der Waals surface area contributed by atoms with Gasteiger partial charge in [0.05, 0.1) is 18.7 Å². The number of aromatic carboxylic acids is 1. The van der Waals surface area contributed by atoms with E-state index in [2.05, 4.69) is 6.92 Å². The number of carboxylic acids is 1. The number of carboxylic acid groups (broad SMARTS) is 1. The Kier molecular flexibility index (Phi) is 6.68. The molecule has 0 heterocycles. The van der Waals surface area contributed by atoms with E-state index in [4.69, 9.17) is 10.2 Å². The van der Waals surface area contributed by atoms with Crippen LogP contribution in [0, 0.1) is 0 Å². The second-order valence-corrected chi connectivity index (χ2v) is 4.78. The Morgan fingerprint density at radius 3 is 2.24 bits per heavy atom. The van der Waals surface area contributed by atoms with Crippen molar-refractivity contribution in [2.45, 2.75) is 19.8 Å². The van der Waals surface area contributed by atoms with Crippen molar-refractivity contribution in [3.05, 3.63) is 29.8 Å². The summed E-state index contributed by atoms with van der Waals surface area (Å²) in [6, 6.07) is 5.83. The fourth-order valence-corrected chi connectivity index (χ4v) is 1.92. The summed E-state index contributed by atoms with van der Waals surface area (Å²) in [7, 11) is 1.72. The molecule has 0 radical (unpaired) electrons. The summed E-state index contributed by atoms with van der Waals surface area (Å²) in [5.74, 6) is -1.01. The number of hydrogen-bond acceptors (Lipinski definition) is 3. The lowest BCUT2D eigenvalue weighted by atomic mass is 10.2. The highest BCUT2D eigenvalue weighted by atomic mass is 16.4. The normalized spacial score (nSPS) is 10.2. The van der Waals surface area contributed by atoms with Gasteiger partial charge in [0.1, 0.15) is 0 Å². The number of carbonyl (C=O) groups excluding carboxylic acids is 1. The number of nitrogens with zero attached hydrogens (tertiary/aromatic N) is 2. The van der Waals surface area contributed by atoms with Crippen LogP contribution in [0.4, 0.5) is 10.5 Å². The molecule has 21 heavy (non-hydrogen) atoms. The monoisotopic (exact) mass is 294 g/mol. The number of benzene rings is 1. The topological polar surface area (TPSA) is 81.1 Å². The minimum Gasteiger partial charge on any atom is -0.478 e. The number of hydrogen-bond donors (Lipinski definition) is 2. The molecule has 1 rings (SSSR count). The van der Waals surface area contributed by atoms with Crippen molar-refractivity contribution >= 4 is 17.7 Å². The van der Waals surface area contributed by atoms with Crippen LogP contribution in [0.15, 0.2) is 24.3 Å². The average molecular weight is 294 g/mol. The lowest BCUT2D eigenvalue weighted by Gasteiger charge is -2.28. The number of amides is 2. The predicted octanol–water partition coefficient (Wildman–Crippen LogP) is 2.04. The zero-order chi connectivity index (χ0) is 15.8. The number of rotatable bonds is 7. The molecule has 0 aliphatic carbocycles. The van der Waals surface area contributed by atoms with Crippen molar-refractivity contribution in [2.75, 3.05) is 31.6 Å². The number of anilines is 1. The lowest BCUT2D eigenvalue weighted by molar-refractivity contribution is 0.0697. The van der Waals surface area contributed by atoms with Gasteiger partial charge >= 0.3 is 12.0 Å². The second kappa shape index (κ2) is 8.26. The van der Waals surface area contributed by atoms with E-state index >= 15 is 0 Å². The van der Waals surface area contributed by atoms with Crippen LogP contribution in [0.1, 0.15) is 30.1 Å². The third-order valence-corrected chi connectivity index (χ3v) is 3.15. The van der Waals surface area contributed by atoms with Crippen molar-refractivity contribution in [1.29, 1.82) is 0 Å². The van der Waals surface area contributed by atoms with Gasteiger partial charge in [0.25, 0.3) is 0 Å². The fraction of sp³-hybridized carbons (Fsp3) is 0.467. The quantitative estimate of drug-likeness (QED) is 0.806. The van der Waals surface area contributed by atoms with Crippen LogP contribution >= 0.6 is 0 Å². The summed E-state index contributed by atoms with van der Waals surface area (Å²) in [6.45, 7) is 2.70. The highest BCUT2D eigenvalue weighted by molar-refractivity contribution is 5.93. The van der Waals surface area contributed by atoms with Gasteiger partial charge < -0.3 is 15.1 Å². The maximum atomic E-state index is 12.4. The van der Waals surface area contributed by atoms with Crippen molar-refractivity contribution in [2.24, 2.45) is 0 Å². The molecule has 0 saturated carbocycles. The molecule has 0 fully saturated rings. The first kappa shape index (κ1) is 17.0. The summed E-state index contributed by atoms with van der Waals surface area (Å²) in [4.78, 5) is 26.3. The van der Waals surface area contributed by atoms with Crippen LogP contribution in [0.2, 0.25) is 0 Å². The Labute approximate surface area is 124 Å². The van der Waals surface area contributed by atoms with E-state index in [0.29, 0.717) is 12.2 Å². The fourth-order valence-electron chi connectivity index (χ4n) is 1.92. The summed E-state index contributed by atoms with van der Waals surface area (Å²) in [6.07, 6.45) is 1.90. The van der Waals surface area contributed by atoms with Gasteiger partial charge in [-0.1, -0.05) is 13.3 Å². The molecular weight excluding hydrogens is 272 g/mol. The van der Waals surface area contributed by atoms with E-state index in [-0.39, 0.29) is 24.7 Å². The van der Waals surface area contributed by atoms with Gasteiger partial charge in [-0.3, -0.25) is 4.90 Å². The molecule has 6 nitrogen and oxygen atoms in total. The third-order valence-electron chi connectivity index (χ3n) is 3.15. The first-order valence-electron chi connectivity index (χ1n) is 6.98. The van der Waals surface area contributed by atoms with Crippen LogP contribution < -0.4 is 4.90 Å². The Morgan fingerprint density at radius 2 is 1.76 bits per heavy atom. The first-order valence-corrected chi connectivity index (χ1v) is 6.98. The Bertz CT molecular complexity index is 473. The highest BCUT2D eigenvalue weighted by Crippen LogP contribution is 2.17. The smallest absolute Gasteiger partial charge is 0.335 e. The number of urea groups is 1. The molecular formula is C15H22N2O4. The van der Waals surface area contributed by atoms with Crippen molar-refractivity contribution < 1.29 is 19.8 Å². The maximum Gasteiger partial charge on any atom is 0.335 e. The van der Waals surface area contributed by atoms with Crippen molar-refractivity contribution in [3.63, 3.8) is 0 Å². The summed E-state index contributed by atoms with van der Waals surface area (Å²) < 4.78 is 0. The van der Waals surface area contributed by atoms with Gasteiger partial charge in [-0.15, -0.1) is 0 Å². The summed E-state index contributed by atoms with van der Waals surface area (Å²) in [5, 5.41) is 18.0. The molecule has 2 amide bonds. The largest absolute Gasteiger partial charge is 0.478 e. The highest BCUT2D eigenvalue weighted by Gasteiger charge is 2.19. The van der Waals surface area contributed by atoms with Crippen molar-refractivity contribution in [3.8, 4) is 0 Å². The summed E-state index contributed by atoms with van der Waals surface area (Å²) >= 11 is 0. The molecule has 0 saturated heterocycles. The van der Waals surface area contributed by atoms with E-state index in [1.807, 2.05) is 0 Å². The van der Waals surface area contributed by atoms with Gasteiger partial charge in [-0.05, 0) is 30.7 Å². The Morgan fingerprint density at radius 1 is 1.14 bits per heavy atom. The minimum absolute atomic E-state index is 0.159. The number of unbranched alkanes of at least 4 members (excludes halogenated alkanes) is 1. The molecule has 116 valence electrons. The second-order valence-electron chi connectivity index (χ2n) is 4.78. The maximum absolute atomic E-state index is 12.4. The van der Waals surface area contributed by atoms with Gasteiger partial charge in [-0.25, -0.2) is 9.59 Å². The van der Waals surface area contributed by atoms with E-state index in [1.165, 1.54) is 17.0 Å². The van der Waals surface area contributed by atoms with Crippen LogP contribution in [0.5, 0.6) is 0 Å². The Balaban J connectivity index is 2.89. The van der Waals surface area contributed by atoms with Gasteiger partial charge in [0.15, 0.2) is 0 Å². The molecule has 6 heteroatoms. The molecule has 2 N–H and O–H groups in total. The first-order chi connectivity index (χ1) is 10.0. The number of aliphatic hydroxyl groups is 1. The van der Waals surface area contributed by atoms with E-state index in [1.54, 1.807) is 24.1 Å². The number of carbonyl (C=O) groups is 2. The van der Waals surface area contributed by atoms with Crippen LogP contribution in [0.3, 0.4) is 0 Å². The molecule has 0 aliphatic rings.